The average Bonchev–Trinajstić information content (AvgIpc) is 2.13. The fourth-order valence-corrected chi connectivity index (χ4v) is 1.69. The largest absolute Gasteiger partial charge is 0.398 e. The van der Waals surface area contributed by atoms with Crippen molar-refractivity contribution in [3.8, 4) is 6.07 Å². The molecule has 1 aromatic rings. The monoisotopic (exact) mass is 269 g/mol. The van der Waals surface area contributed by atoms with E-state index in [2.05, 4.69) is 22.0 Å². The number of nitrogens with zero attached hydrogens (tertiary/aromatic N) is 2. The van der Waals surface area contributed by atoms with Crippen molar-refractivity contribution in [3.05, 3.63) is 27.1 Å². The van der Waals surface area contributed by atoms with Gasteiger partial charge in [0.2, 0.25) is 0 Å². The van der Waals surface area contributed by atoms with Crippen LogP contribution < -0.4 is 11.3 Å². The summed E-state index contributed by atoms with van der Waals surface area (Å²) >= 11 is 3.13. The van der Waals surface area contributed by atoms with Crippen molar-refractivity contribution in [2.24, 2.45) is 5.41 Å². The summed E-state index contributed by atoms with van der Waals surface area (Å²) in [6.07, 6.45) is 1.55. The second-order valence-electron chi connectivity index (χ2n) is 4.05. The normalized spacial score (nSPS) is 11.1. The van der Waals surface area contributed by atoms with Gasteiger partial charge in [0, 0.05) is 18.4 Å². The second-order valence-corrected chi connectivity index (χ2v) is 4.90. The van der Waals surface area contributed by atoms with Gasteiger partial charge < -0.3 is 10.3 Å². The number of anilines is 1. The third kappa shape index (κ3) is 2.83. The molecule has 0 aliphatic rings. The number of aromatic nitrogens is 1. The summed E-state index contributed by atoms with van der Waals surface area (Å²) in [5, 5.41) is 8.88. The van der Waals surface area contributed by atoms with E-state index in [0.717, 1.165) is 0 Å². The first kappa shape index (κ1) is 11.8. The first-order valence-electron chi connectivity index (χ1n) is 4.42. The minimum absolute atomic E-state index is 0.174. The molecular weight excluding hydrogens is 258 g/mol. The Labute approximate surface area is 96.4 Å². The number of rotatable bonds is 2. The molecule has 4 nitrogen and oxygen atoms in total. The van der Waals surface area contributed by atoms with Gasteiger partial charge in [0.15, 0.2) is 0 Å². The van der Waals surface area contributed by atoms with Gasteiger partial charge in [0.25, 0.3) is 5.56 Å². The number of hydrogen-bond donors (Lipinski definition) is 1. The van der Waals surface area contributed by atoms with Crippen LogP contribution in [0.15, 0.2) is 21.5 Å². The molecule has 80 valence electrons. The lowest BCUT2D eigenvalue weighted by atomic mass is 9.96. The molecule has 0 unspecified atom stereocenters. The fraction of sp³-hybridized carbons (Fsp3) is 0.400. The van der Waals surface area contributed by atoms with Gasteiger partial charge in [-0.3, -0.25) is 4.79 Å². The molecule has 0 amide bonds. The number of halogens is 1. The molecule has 15 heavy (non-hydrogen) atoms. The molecule has 0 bridgehead atoms. The summed E-state index contributed by atoms with van der Waals surface area (Å²) < 4.78 is 1.86. The van der Waals surface area contributed by atoms with Crippen LogP contribution in [0.1, 0.15) is 13.8 Å². The molecule has 0 fully saturated rings. The van der Waals surface area contributed by atoms with Crippen LogP contribution in [0.5, 0.6) is 0 Å². The summed E-state index contributed by atoms with van der Waals surface area (Å²) in [4.78, 5) is 11.7. The van der Waals surface area contributed by atoms with E-state index in [1.165, 1.54) is 4.57 Å². The van der Waals surface area contributed by atoms with Gasteiger partial charge in [-0.2, -0.15) is 5.26 Å². The van der Waals surface area contributed by atoms with E-state index in [4.69, 9.17) is 11.0 Å². The zero-order valence-corrected chi connectivity index (χ0v) is 10.2. The van der Waals surface area contributed by atoms with E-state index in [0.29, 0.717) is 16.7 Å². The van der Waals surface area contributed by atoms with Crippen molar-refractivity contribution >= 4 is 21.6 Å². The molecular formula is C10H12BrN3O. The topological polar surface area (TPSA) is 71.8 Å². The Morgan fingerprint density at radius 2 is 2.27 bits per heavy atom. The summed E-state index contributed by atoms with van der Waals surface area (Å²) in [6, 6.07) is 3.69. The lowest BCUT2D eigenvalue weighted by molar-refractivity contribution is 0.401. The molecule has 5 heteroatoms. The average molecular weight is 270 g/mol. The lowest BCUT2D eigenvalue weighted by Crippen LogP contribution is -2.28. The zero-order chi connectivity index (χ0) is 11.6. The van der Waals surface area contributed by atoms with E-state index in [-0.39, 0.29) is 5.56 Å². The van der Waals surface area contributed by atoms with Crippen LogP contribution in [-0.4, -0.2) is 4.57 Å². The predicted molar refractivity (Wildman–Crippen MR) is 62.2 cm³/mol. The molecule has 0 atom stereocenters. The summed E-state index contributed by atoms with van der Waals surface area (Å²) in [5.41, 5.74) is 5.35. The first-order chi connectivity index (χ1) is 6.85. The number of hydrogen-bond acceptors (Lipinski definition) is 3. The summed E-state index contributed by atoms with van der Waals surface area (Å²) in [5.74, 6) is 0. The Kier molecular flexibility index (Phi) is 3.20. The number of nitrogen functional groups attached to an aromatic ring is 1. The maximum atomic E-state index is 11.7. The molecule has 0 saturated carbocycles. The SMILES string of the molecule is CC(C)(C#N)Cn1cc(N)cc(Br)c1=O. The van der Waals surface area contributed by atoms with E-state index < -0.39 is 5.41 Å². The van der Waals surface area contributed by atoms with E-state index in [1.54, 1.807) is 26.1 Å². The van der Waals surface area contributed by atoms with Gasteiger partial charge in [-0.25, -0.2) is 0 Å². The molecule has 0 radical (unpaired) electrons. The smallest absolute Gasteiger partial charge is 0.265 e. The lowest BCUT2D eigenvalue weighted by Gasteiger charge is -2.17. The van der Waals surface area contributed by atoms with Gasteiger partial charge in [-0.05, 0) is 35.8 Å². The fourth-order valence-electron chi connectivity index (χ4n) is 1.20. The minimum Gasteiger partial charge on any atom is -0.398 e. The molecule has 0 saturated heterocycles. The maximum absolute atomic E-state index is 11.7. The molecule has 1 heterocycles. The van der Waals surface area contributed by atoms with Gasteiger partial charge in [0.05, 0.1) is 16.0 Å². The molecule has 1 aromatic heterocycles. The van der Waals surface area contributed by atoms with Crippen LogP contribution in [0.25, 0.3) is 0 Å². The first-order valence-corrected chi connectivity index (χ1v) is 5.22. The highest BCUT2D eigenvalue weighted by molar-refractivity contribution is 9.10. The Morgan fingerprint density at radius 1 is 1.67 bits per heavy atom. The molecule has 0 aliphatic carbocycles. The van der Waals surface area contributed by atoms with Crippen molar-refractivity contribution in [1.82, 2.24) is 4.57 Å². The number of nitrogens with two attached hydrogens (primary N) is 1. The van der Waals surface area contributed by atoms with Crippen LogP contribution >= 0.6 is 15.9 Å². The summed E-state index contributed by atoms with van der Waals surface area (Å²) in [6.45, 7) is 3.87. The van der Waals surface area contributed by atoms with Crippen LogP contribution in [-0.2, 0) is 6.54 Å². The van der Waals surface area contributed by atoms with Gasteiger partial charge in [-0.15, -0.1) is 0 Å². The number of pyridine rings is 1. The Balaban J connectivity index is 3.18. The third-order valence-electron chi connectivity index (χ3n) is 1.93. The van der Waals surface area contributed by atoms with Crippen LogP contribution in [0.2, 0.25) is 0 Å². The zero-order valence-electron chi connectivity index (χ0n) is 8.62. The maximum Gasteiger partial charge on any atom is 0.265 e. The van der Waals surface area contributed by atoms with Gasteiger partial charge in [-0.1, -0.05) is 0 Å². The van der Waals surface area contributed by atoms with Crippen molar-refractivity contribution in [2.45, 2.75) is 20.4 Å². The number of nitriles is 1. The molecule has 0 spiro atoms. The molecule has 1 rings (SSSR count). The van der Waals surface area contributed by atoms with Crippen molar-refractivity contribution in [1.29, 1.82) is 5.26 Å². The Bertz CT molecular complexity index is 471. The van der Waals surface area contributed by atoms with Gasteiger partial charge in [0.1, 0.15) is 0 Å². The highest BCUT2D eigenvalue weighted by Crippen LogP contribution is 2.17. The summed E-state index contributed by atoms with van der Waals surface area (Å²) in [7, 11) is 0. The van der Waals surface area contributed by atoms with Crippen LogP contribution in [0.3, 0.4) is 0 Å². The van der Waals surface area contributed by atoms with Crippen LogP contribution in [0.4, 0.5) is 5.69 Å². The standard InChI is InChI=1S/C10H12BrN3O/c1-10(2,5-12)6-14-4-7(13)3-8(11)9(14)15/h3-4H,6,13H2,1-2H3. The van der Waals surface area contributed by atoms with Crippen molar-refractivity contribution in [2.75, 3.05) is 5.73 Å². The van der Waals surface area contributed by atoms with Crippen molar-refractivity contribution < 1.29 is 0 Å². The highest BCUT2D eigenvalue weighted by atomic mass is 79.9. The van der Waals surface area contributed by atoms with E-state index >= 15 is 0 Å². The Hall–Kier alpha value is -1.28. The minimum atomic E-state index is -0.586. The molecule has 0 aromatic carbocycles. The highest BCUT2D eigenvalue weighted by Gasteiger charge is 2.18. The van der Waals surface area contributed by atoms with Gasteiger partial charge >= 0.3 is 0 Å². The van der Waals surface area contributed by atoms with Crippen molar-refractivity contribution in [3.63, 3.8) is 0 Å². The third-order valence-corrected chi connectivity index (χ3v) is 2.50. The Morgan fingerprint density at radius 3 is 2.80 bits per heavy atom. The van der Waals surface area contributed by atoms with E-state index in [9.17, 15) is 4.79 Å². The predicted octanol–water partition coefficient (Wildman–Crippen LogP) is 1.74. The second kappa shape index (κ2) is 4.07. The molecule has 0 aliphatic heterocycles. The van der Waals surface area contributed by atoms with E-state index in [1.807, 2.05) is 0 Å². The molecule has 2 N–H and O–H groups in total. The van der Waals surface area contributed by atoms with Crippen LogP contribution in [0, 0.1) is 16.7 Å². The quantitative estimate of drug-likeness (QED) is 0.889.